The molecule has 0 aliphatic rings. The Bertz CT molecular complexity index is 671. The summed E-state index contributed by atoms with van der Waals surface area (Å²) in [4.78, 5) is 10.1. The van der Waals surface area contributed by atoms with E-state index in [4.69, 9.17) is 0 Å². The van der Waals surface area contributed by atoms with Gasteiger partial charge in [-0.25, -0.2) is 0 Å². The molecule has 0 amide bonds. The number of hydrogen-bond donors (Lipinski definition) is 2. The van der Waals surface area contributed by atoms with E-state index in [9.17, 15) is 15.2 Å². The van der Waals surface area contributed by atoms with Crippen molar-refractivity contribution in [2.75, 3.05) is 5.43 Å². The molecule has 108 valence electrons. The normalized spacial score (nSPS) is 10.8. The second kappa shape index (κ2) is 6.04. The highest BCUT2D eigenvalue weighted by Gasteiger charge is 2.03. The van der Waals surface area contributed by atoms with E-state index in [1.54, 1.807) is 18.3 Å². The second-order valence-corrected chi connectivity index (χ2v) is 4.68. The summed E-state index contributed by atoms with van der Waals surface area (Å²) in [5.74, 6) is 0.287. The minimum atomic E-state index is -0.449. The Labute approximate surface area is 121 Å². The Balaban J connectivity index is 2.07. The molecule has 0 saturated carbocycles. The molecule has 0 unspecified atom stereocenters. The van der Waals surface area contributed by atoms with Crippen LogP contribution in [0.4, 0.5) is 11.4 Å². The summed E-state index contributed by atoms with van der Waals surface area (Å²) in [6.45, 7) is 3.65. The molecule has 0 aliphatic carbocycles. The minimum Gasteiger partial charge on any atom is -0.507 e. The molecule has 0 radical (unpaired) electrons. The van der Waals surface area contributed by atoms with E-state index in [1.165, 1.54) is 12.1 Å². The van der Waals surface area contributed by atoms with E-state index in [2.05, 4.69) is 10.5 Å². The van der Waals surface area contributed by atoms with Crippen molar-refractivity contribution in [3.8, 4) is 5.75 Å². The second-order valence-electron chi connectivity index (χ2n) is 4.68. The van der Waals surface area contributed by atoms with Gasteiger partial charge < -0.3 is 5.11 Å². The third-order valence-electron chi connectivity index (χ3n) is 3.00. The number of hydrazone groups is 1. The maximum Gasteiger partial charge on any atom is 0.269 e. The molecule has 2 aromatic carbocycles. The minimum absolute atomic E-state index is 0.0364. The van der Waals surface area contributed by atoms with Crippen molar-refractivity contribution in [2.45, 2.75) is 13.8 Å². The number of nitrogens with zero attached hydrogens (tertiary/aromatic N) is 2. The van der Waals surface area contributed by atoms with E-state index in [-0.39, 0.29) is 11.4 Å². The molecule has 0 fully saturated rings. The number of nitro groups is 1. The number of nitrogens with one attached hydrogen (secondary N) is 1. The van der Waals surface area contributed by atoms with Crippen molar-refractivity contribution in [2.24, 2.45) is 5.10 Å². The lowest BCUT2D eigenvalue weighted by molar-refractivity contribution is -0.384. The van der Waals surface area contributed by atoms with Gasteiger partial charge >= 0.3 is 0 Å². The molecule has 0 aliphatic heterocycles. The summed E-state index contributed by atoms with van der Waals surface area (Å²) in [5, 5.41) is 24.3. The van der Waals surface area contributed by atoms with Crippen molar-refractivity contribution in [1.82, 2.24) is 0 Å². The molecule has 0 aromatic heterocycles. The van der Waals surface area contributed by atoms with E-state index in [0.29, 0.717) is 5.69 Å². The summed E-state index contributed by atoms with van der Waals surface area (Å²) < 4.78 is 0. The van der Waals surface area contributed by atoms with Gasteiger partial charge in [-0.05, 0) is 54.8 Å². The largest absolute Gasteiger partial charge is 0.507 e. The van der Waals surface area contributed by atoms with E-state index in [1.807, 2.05) is 26.0 Å². The molecule has 0 saturated heterocycles. The van der Waals surface area contributed by atoms with Crippen LogP contribution in [0.3, 0.4) is 0 Å². The zero-order chi connectivity index (χ0) is 15.4. The number of rotatable bonds is 4. The van der Waals surface area contributed by atoms with Crippen LogP contribution in [-0.2, 0) is 0 Å². The average Bonchev–Trinajstić information content (AvgIpc) is 2.45. The molecule has 0 heterocycles. The lowest BCUT2D eigenvalue weighted by Crippen LogP contribution is -1.93. The molecule has 2 rings (SSSR count). The molecule has 2 aromatic rings. The predicted molar refractivity (Wildman–Crippen MR) is 81.9 cm³/mol. The Morgan fingerprint density at radius 3 is 2.29 bits per heavy atom. The van der Waals surface area contributed by atoms with Crippen LogP contribution >= 0.6 is 0 Å². The maximum atomic E-state index is 10.5. The molecule has 6 nitrogen and oxygen atoms in total. The first-order chi connectivity index (χ1) is 9.97. The lowest BCUT2D eigenvalue weighted by atomic mass is 10.1. The summed E-state index contributed by atoms with van der Waals surface area (Å²) in [6.07, 6.45) is 1.63. The first kappa shape index (κ1) is 14.5. The number of aryl methyl sites for hydroxylation is 2. The van der Waals surface area contributed by atoms with Gasteiger partial charge in [0.05, 0.1) is 16.8 Å². The van der Waals surface area contributed by atoms with Crippen LogP contribution in [0.1, 0.15) is 16.7 Å². The van der Waals surface area contributed by atoms with Crippen molar-refractivity contribution < 1.29 is 10.0 Å². The predicted octanol–water partition coefficient (Wildman–Crippen LogP) is 3.36. The summed E-state index contributed by atoms with van der Waals surface area (Å²) in [5.41, 5.74) is 5.92. The Kier molecular flexibility index (Phi) is 4.18. The van der Waals surface area contributed by atoms with Crippen LogP contribution in [0.2, 0.25) is 0 Å². The maximum absolute atomic E-state index is 10.5. The summed E-state index contributed by atoms with van der Waals surface area (Å²) in [7, 11) is 0. The zero-order valence-corrected chi connectivity index (χ0v) is 11.7. The van der Waals surface area contributed by atoms with E-state index >= 15 is 0 Å². The highest BCUT2D eigenvalue weighted by Crippen LogP contribution is 2.22. The van der Waals surface area contributed by atoms with Gasteiger partial charge in [0.2, 0.25) is 0 Å². The fourth-order valence-electron chi connectivity index (χ4n) is 1.90. The highest BCUT2D eigenvalue weighted by molar-refractivity contribution is 5.81. The van der Waals surface area contributed by atoms with Gasteiger partial charge in [-0.1, -0.05) is 0 Å². The molecule has 2 N–H and O–H groups in total. The van der Waals surface area contributed by atoms with Gasteiger partial charge in [-0.2, -0.15) is 5.10 Å². The Hall–Kier alpha value is -2.89. The quantitative estimate of drug-likeness (QED) is 0.512. The van der Waals surface area contributed by atoms with Crippen LogP contribution in [-0.4, -0.2) is 16.2 Å². The van der Waals surface area contributed by atoms with Gasteiger partial charge in [0, 0.05) is 12.1 Å². The molecule has 0 spiro atoms. The fourth-order valence-corrected chi connectivity index (χ4v) is 1.90. The van der Waals surface area contributed by atoms with Crippen LogP contribution in [0.25, 0.3) is 0 Å². The molecular formula is C15H15N3O3. The highest BCUT2D eigenvalue weighted by atomic mass is 16.6. The van der Waals surface area contributed by atoms with Crippen molar-refractivity contribution in [3.05, 3.63) is 63.2 Å². The van der Waals surface area contributed by atoms with Crippen molar-refractivity contribution in [3.63, 3.8) is 0 Å². The number of aromatic hydroxyl groups is 1. The molecule has 0 atom stereocenters. The lowest BCUT2D eigenvalue weighted by Gasteiger charge is -2.04. The number of benzene rings is 2. The molecule has 21 heavy (non-hydrogen) atoms. The van der Waals surface area contributed by atoms with Crippen LogP contribution < -0.4 is 5.43 Å². The molecule has 6 heteroatoms. The van der Waals surface area contributed by atoms with Gasteiger partial charge in [0.25, 0.3) is 5.69 Å². The van der Waals surface area contributed by atoms with Gasteiger partial charge in [0.15, 0.2) is 0 Å². The van der Waals surface area contributed by atoms with Crippen molar-refractivity contribution >= 4 is 17.6 Å². The van der Waals surface area contributed by atoms with Crippen LogP contribution in [0.5, 0.6) is 5.75 Å². The zero-order valence-electron chi connectivity index (χ0n) is 11.7. The number of nitro benzene ring substituents is 1. The standard InChI is InChI=1S/C15H15N3O3/c1-10-7-12(8-11(2)15(10)19)9-16-17-13-3-5-14(6-4-13)18(20)21/h3-9,17,19H,1-2H3/b16-9-. The number of phenolic OH excluding ortho intramolecular Hbond substituents is 1. The van der Waals surface area contributed by atoms with Gasteiger partial charge in [-0.15, -0.1) is 0 Å². The summed E-state index contributed by atoms with van der Waals surface area (Å²) >= 11 is 0. The fraction of sp³-hybridized carbons (Fsp3) is 0.133. The monoisotopic (exact) mass is 285 g/mol. The van der Waals surface area contributed by atoms with Crippen molar-refractivity contribution in [1.29, 1.82) is 0 Å². The third kappa shape index (κ3) is 3.56. The number of anilines is 1. The average molecular weight is 285 g/mol. The third-order valence-corrected chi connectivity index (χ3v) is 3.00. The van der Waals surface area contributed by atoms with Crippen LogP contribution in [0.15, 0.2) is 41.5 Å². The Morgan fingerprint density at radius 1 is 1.19 bits per heavy atom. The number of non-ortho nitro benzene ring substituents is 1. The van der Waals surface area contributed by atoms with Gasteiger partial charge in [0.1, 0.15) is 5.75 Å². The van der Waals surface area contributed by atoms with Crippen LogP contribution in [0, 0.1) is 24.0 Å². The number of phenols is 1. The van der Waals surface area contributed by atoms with E-state index < -0.39 is 4.92 Å². The molecule has 0 bridgehead atoms. The Morgan fingerprint density at radius 2 is 1.76 bits per heavy atom. The smallest absolute Gasteiger partial charge is 0.269 e. The molecular weight excluding hydrogens is 270 g/mol. The first-order valence-electron chi connectivity index (χ1n) is 6.31. The number of hydrogen-bond acceptors (Lipinski definition) is 5. The SMILES string of the molecule is Cc1cc(/C=N\Nc2ccc([N+](=O)[O-])cc2)cc(C)c1O. The topological polar surface area (TPSA) is 87.8 Å². The van der Waals surface area contributed by atoms with Gasteiger partial charge in [-0.3, -0.25) is 15.5 Å². The summed E-state index contributed by atoms with van der Waals surface area (Å²) in [6, 6.07) is 9.64. The first-order valence-corrected chi connectivity index (χ1v) is 6.31. The van der Waals surface area contributed by atoms with E-state index in [0.717, 1.165) is 16.7 Å².